The average molecular weight is 205 g/mol. The van der Waals surface area contributed by atoms with Crippen LogP contribution in [0.5, 0.6) is 0 Å². The summed E-state index contributed by atoms with van der Waals surface area (Å²) in [6.45, 7) is 6.21. The highest BCUT2D eigenvalue weighted by molar-refractivity contribution is 5.77. The van der Waals surface area contributed by atoms with E-state index in [2.05, 4.69) is 30.9 Å². The summed E-state index contributed by atoms with van der Waals surface area (Å²) in [4.78, 5) is 14.6. The third-order valence-electron chi connectivity index (χ3n) is 2.43. The van der Waals surface area contributed by atoms with E-state index < -0.39 is 0 Å². The lowest BCUT2D eigenvalue weighted by Crippen LogP contribution is -2.19. The minimum Gasteiger partial charge on any atom is -0.324 e. The fraction of sp³-hybridized carbons (Fsp3) is 0.455. The number of rotatable bonds is 0. The van der Waals surface area contributed by atoms with Gasteiger partial charge in [-0.05, 0) is 6.07 Å². The first kappa shape index (κ1) is 9.96. The molecule has 0 bridgehead atoms. The van der Waals surface area contributed by atoms with Crippen LogP contribution in [-0.4, -0.2) is 14.8 Å². The number of aromatic amines is 1. The lowest BCUT2D eigenvalue weighted by atomic mass is 9.91. The first-order valence-electron chi connectivity index (χ1n) is 4.95. The molecule has 1 N–H and O–H groups in total. The summed E-state index contributed by atoms with van der Waals surface area (Å²) < 4.78 is 1.66. The van der Waals surface area contributed by atoms with Gasteiger partial charge in [-0.3, -0.25) is 9.48 Å². The Balaban J connectivity index is 2.78. The number of H-pyrrole nitrogens is 1. The predicted molar refractivity (Wildman–Crippen MR) is 60.0 cm³/mol. The van der Waals surface area contributed by atoms with Gasteiger partial charge in [0.25, 0.3) is 5.56 Å². The fourth-order valence-electron chi connectivity index (χ4n) is 1.57. The van der Waals surface area contributed by atoms with Gasteiger partial charge in [0.2, 0.25) is 0 Å². The molecule has 2 rings (SSSR count). The number of fused-ring (bicyclic) bond motifs is 1. The van der Waals surface area contributed by atoms with Crippen molar-refractivity contribution < 1.29 is 0 Å². The van der Waals surface area contributed by atoms with Crippen LogP contribution in [0.1, 0.15) is 26.5 Å². The van der Waals surface area contributed by atoms with Crippen LogP contribution in [0, 0.1) is 0 Å². The van der Waals surface area contributed by atoms with Gasteiger partial charge >= 0.3 is 0 Å². The largest absolute Gasteiger partial charge is 0.324 e. The van der Waals surface area contributed by atoms with E-state index in [1.165, 1.54) is 0 Å². The van der Waals surface area contributed by atoms with Gasteiger partial charge < -0.3 is 4.98 Å². The van der Waals surface area contributed by atoms with E-state index >= 15 is 0 Å². The molecule has 0 amide bonds. The van der Waals surface area contributed by atoms with E-state index in [1.54, 1.807) is 4.68 Å². The summed E-state index contributed by atoms with van der Waals surface area (Å²) in [6.07, 6.45) is 1.86. The second kappa shape index (κ2) is 2.95. The van der Waals surface area contributed by atoms with Gasteiger partial charge in [0.15, 0.2) is 5.52 Å². The minimum atomic E-state index is -0.113. The average Bonchev–Trinajstić information content (AvgIpc) is 2.44. The maximum Gasteiger partial charge on any atom is 0.276 e. The Kier molecular flexibility index (Phi) is 1.96. The highest BCUT2D eigenvalue weighted by atomic mass is 16.1. The summed E-state index contributed by atoms with van der Waals surface area (Å²) in [7, 11) is 1.82. The van der Waals surface area contributed by atoms with Crippen LogP contribution in [0.4, 0.5) is 0 Å². The molecule has 4 nitrogen and oxygen atoms in total. The van der Waals surface area contributed by atoms with Gasteiger partial charge in [-0.1, -0.05) is 20.8 Å². The second-order valence-electron chi connectivity index (χ2n) is 4.87. The molecule has 0 spiro atoms. The Morgan fingerprint density at radius 1 is 1.40 bits per heavy atom. The predicted octanol–water partition coefficient (Wildman–Crippen LogP) is 1.56. The van der Waals surface area contributed by atoms with Gasteiger partial charge in [0, 0.05) is 29.7 Å². The van der Waals surface area contributed by atoms with Crippen molar-refractivity contribution in [3.05, 3.63) is 28.3 Å². The van der Waals surface area contributed by atoms with Crippen LogP contribution < -0.4 is 5.56 Å². The highest BCUT2D eigenvalue weighted by Gasteiger charge is 2.16. The molecule has 2 heterocycles. The third kappa shape index (κ3) is 1.67. The normalized spacial score (nSPS) is 12.3. The molecule has 0 saturated carbocycles. The Morgan fingerprint density at radius 2 is 2.07 bits per heavy atom. The van der Waals surface area contributed by atoms with E-state index in [0.717, 1.165) is 11.1 Å². The van der Waals surface area contributed by atoms with Crippen LogP contribution in [0.25, 0.3) is 10.9 Å². The molecule has 0 aliphatic rings. The molecule has 0 unspecified atom stereocenters. The highest BCUT2D eigenvalue weighted by Crippen LogP contribution is 2.21. The molecule has 80 valence electrons. The van der Waals surface area contributed by atoms with E-state index in [1.807, 2.05) is 19.3 Å². The minimum absolute atomic E-state index is 0.0524. The van der Waals surface area contributed by atoms with Gasteiger partial charge in [0.1, 0.15) is 0 Å². The van der Waals surface area contributed by atoms with Gasteiger partial charge in [-0.25, -0.2) is 0 Å². The summed E-state index contributed by atoms with van der Waals surface area (Å²) in [5, 5.41) is 5.00. The van der Waals surface area contributed by atoms with Crippen molar-refractivity contribution in [2.45, 2.75) is 26.2 Å². The number of hydrogen-bond acceptors (Lipinski definition) is 2. The molecular weight excluding hydrogens is 190 g/mol. The molecule has 0 saturated heterocycles. The first-order valence-corrected chi connectivity index (χ1v) is 4.95. The lowest BCUT2D eigenvalue weighted by molar-refractivity contribution is 0.568. The first-order chi connectivity index (χ1) is 6.88. The van der Waals surface area contributed by atoms with Crippen molar-refractivity contribution in [1.29, 1.82) is 0 Å². The molecule has 0 fully saturated rings. The molecule has 0 aliphatic heterocycles. The summed E-state index contributed by atoms with van der Waals surface area (Å²) >= 11 is 0. The second-order valence-corrected chi connectivity index (χ2v) is 4.87. The number of aryl methyl sites for hydroxylation is 1. The number of nitrogens with zero attached hydrogens (tertiary/aromatic N) is 2. The number of nitrogens with one attached hydrogen (secondary N) is 1. The molecule has 0 aliphatic carbocycles. The maximum atomic E-state index is 11.7. The third-order valence-corrected chi connectivity index (χ3v) is 2.43. The molecule has 0 radical (unpaired) electrons. The van der Waals surface area contributed by atoms with Gasteiger partial charge in [-0.15, -0.1) is 0 Å². The zero-order chi connectivity index (χ0) is 11.2. The molecule has 2 aromatic rings. The van der Waals surface area contributed by atoms with Crippen molar-refractivity contribution in [3.63, 3.8) is 0 Å². The Morgan fingerprint density at radius 3 is 2.67 bits per heavy atom. The van der Waals surface area contributed by atoms with Crippen LogP contribution >= 0.6 is 0 Å². The van der Waals surface area contributed by atoms with Gasteiger partial charge in [0.05, 0.1) is 0 Å². The topological polar surface area (TPSA) is 50.7 Å². The van der Waals surface area contributed by atoms with E-state index in [9.17, 15) is 4.79 Å². The van der Waals surface area contributed by atoms with Gasteiger partial charge in [-0.2, -0.15) is 5.10 Å². The van der Waals surface area contributed by atoms with Crippen molar-refractivity contribution in [2.75, 3.05) is 0 Å². The number of hydrogen-bond donors (Lipinski definition) is 1. The molecule has 2 aromatic heterocycles. The van der Waals surface area contributed by atoms with Crippen molar-refractivity contribution in [1.82, 2.24) is 14.8 Å². The number of pyridine rings is 1. The zero-order valence-electron chi connectivity index (χ0n) is 9.46. The lowest BCUT2D eigenvalue weighted by Gasteiger charge is -2.17. The van der Waals surface area contributed by atoms with Crippen LogP contribution in [0.3, 0.4) is 0 Å². The Bertz CT molecular complexity index is 557. The molecule has 15 heavy (non-hydrogen) atoms. The standard InChI is InChI=1S/C11H15N3O/c1-11(2,3)8-5-7-6-14(4)13-9(7)10(15)12-8/h5-6H,1-4H3,(H,12,15). The van der Waals surface area contributed by atoms with Crippen molar-refractivity contribution >= 4 is 10.9 Å². The summed E-state index contributed by atoms with van der Waals surface area (Å²) in [6, 6.07) is 1.99. The van der Waals surface area contributed by atoms with E-state index in [-0.39, 0.29) is 11.0 Å². The van der Waals surface area contributed by atoms with Crippen LogP contribution in [0.15, 0.2) is 17.1 Å². The van der Waals surface area contributed by atoms with Crippen LogP contribution in [-0.2, 0) is 12.5 Å². The van der Waals surface area contributed by atoms with Crippen molar-refractivity contribution in [3.8, 4) is 0 Å². The van der Waals surface area contributed by atoms with Crippen LogP contribution in [0.2, 0.25) is 0 Å². The summed E-state index contributed by atoms with van der Waals surface area (Å²) in [5.74, 6) is 0. The molecule has 4 heteroatoms. The fourth-order valence-corrected chi connectivity index (χ4v) is 1.57. The molecule has 0 aromatic carbocycles. The molecular formula is C11H15N3O. The maximum absolute atomic E-state index is 11.7. The SMILES string of the molecule is Cn1cc2cc(C(C)(C)C)[nH]c(=O)c2n1. The van der Waals surface area contributed by atoms with E-state index in [4.69, 9.17) is 0 Å². The quantitative estimate of drug-likeness (QED) is 0.709. The zero-order valence-corrected chi connectivity index (χ0v) is 9.46. The van der Waals surface area contributed by atoms with Crippen molar-refractivity contribution in [2.24, 2.45) is 7.05 Å². The number of aromatic nitrogens is 3. The monoisotopic (exact) mass is 205 g/mol. The summed E-state index contributed by atoms with van der Waals surface area (Å²) in [5.41, 5.74) is 1.28. The Hall–Kier alpha value is -1.58. The van der Waals surface area contributed by atoms with E-state index in [0.29, 0.717) is 5.52 Å². The Labute approximate surface area is 87.9 Å². The molecule has 0 atom stereocenters. The smallest absolute Gasteiger partial charge is 0.276 e.